The number of ether oxygens (including phenoxy) is 3. The standard InChI is InChI=1S/C24H30N2O5.ClH/c1-29-21-9-5-6-10-22(21)30-17-20(27)16-25-13-11-24(12-14-25)18-26(23(28)31-24)15-19-7-3-2-4-8-19;/h2-10,20,27H,11-18H2,1H3;1H. The lowest BCUT2D eigenvalue weighted by Gasteiger charge is -2.38. The summed E-state index contributed by atoms with van der Waals surface area (Å²) in [5, 5.41) is 10.4. The van der Waals surface area contributed by atoms with Crippen molar-refractivity contribution >= 4 is 18.5 Å². The Bertz CT molecular complexity index is 874. The molecule has 2 fully saturated rings. The summed E-state index contributed by atoms with van der Waals surface area (Å²) in [7, 11) is 1.60. The first-order chi connectivity index (χ1) is 15.1. The third kappa shape index (κ3) is 5.85. The van der Waals surface area contributed by atoms with Crippen LogP contribution in [0.3, 0.4) is 0 Å². The van der Waals surface area contributed by atoms with Gasteiger partial charge < -0.3 is 24.2 Å². The molecule has 2 aromatic carbocycles. The average Bonchev–Trinajstić information content (AvgIpc) is 3.09. The Labute approximate surface area is 195 Å². The van der Waals surface area contributed by atoms with Gasteiger partial charge >= 0.3 is 6.09 Å². The van der Waals surface area contributed by atoms with Crippen molar-refractivity contribution in [3.63, 3.8) is 0 Å². The number of amides is 1. The fraction of sp³-hybridized carbons (Fsp3) is 0.458. The average molecular weight is 463 g/mol. The van der Waals surface area contributed by atoms with Crippen molar-refractivity contribution < 1.29 is 24.1 Å². The molecule has 0 bridgehead atoms. The Morgan fingerprint density at radius 3 is 2.41 bits per heavy atom. The predicted molar refractivity (Wildman–Crippen MR) is 123 cm³/mol. The van der Waals surface area contributed by atoms with E-state index in [4.69, 9.17) is 14.2 Å². The molecule has 2 aromatic rings. The van der Waals surface area contributed by atoms with Crippen molar-refractivity contribution in [3.8, 4) is 11.5 Å². The number of likely N-dealkylation sites (tertiary alicyclic amines) is 1. The maximum atomic E-state index is 12.4. The van der Waals surface area contributed by atoms with Gasteiger partial charge in [0.1, 0.15) is 18.3 Å². The lowest BCUT2D eigenvalue weighted by atomic mass is 9.91. The monoisotopic (exact) mass is 462 g/mol. The molecule has 32 heavy (non-hydrogen) atoms. The van der Waals surface area contributed by atoms with Gasteiger partial charge in [0.05, 0.1) is 13.7 Å². The highest BCUT2D eigenvalue weighted by molar-refractivity contribution is 5.85. The van der Waals surface area contributed by atoms with E-state index in [0.29, 0.717) is 31.1 Å². The minimum atomic E-state index is -0.611. The minimum absolute atomic E-state index is 0. The summed E-state index contributed by atoms with van der Waals surface area (Å²) >= 11 is 0. The number of halogens is 1. The lowest BCUT2D eigenvalue weighted by Crippen LogP contribution is -2.49. The molecule has 2 aliphatic rings. The van der Waals surface area contributed by atoms with Crippen LogP contribution in [-0.2, 0) is 11.3 Å². The molecule has 1 unspecified atom stereocenters. The zero-order valence-corrected chi connectivity index (χ0v) is 19.1. The van der Waals surface area contributed by atoms with Crippen LogP contribution in [0.2, 0.25) is 0 Å². The topological polar surface area (TPSA) is 71.5 Å². The van der Waals surface area contributed by atoms with Gasteiger partial charge in [-0.2, -0.15) is 0 Å². The molecule has 8 heteroatoms. The van der Waals surface area contributed by atoms with E-state index in [2.05, 4.69) is 4.90 Å². The smallest absolute Gasteiger partial charge is 0.410 e. The number of rotatable bonds is 8. The van der Waals surface area contributed by atoms with Gasteiger partial charge in [0.25, 0.3) is 0 Å². The van der Waals surface area contributed by atoms with Crippen LogP contribution < -0.4 is 9.47 Å². The van der Waals surface area contributed by atoms with Crippen LogP contribution >= 0.6 is 12.4 Å². The Kier molecular flexibility index (Phi) is 8.23. The summed E-state index contributed by atoms with van der Waals surface area (Å²) in [6.45, 7) is 3.46. The van der Waals surface area contributed by atoms with E-state index in [1.807, 2.05) is 54.6 Å². The Morgan fingerprint density at radius 1 is 1.06 bits per heavy atom. The van der Waals surface area contributed by atoms with Gasteiger partial charge in [-0.15, -0.1) is 12.4 Å². The third-order valence-corrected chi connectivity index (χ3v) is 5.99. The van der Waals surface area contributed by atoms with Crippen LogP contribution in [0.5, 0.6) is 11.5 Å². The Morgan fingerprint density at radius 2 is 1.72 bits per heavy atom. The van der Waals surface area contributed by atoms with Crippen molar-refractivity contribution in [2.24, 2.45) is 0 Å². The number of hydrogen-bond acceptors (Lipinski definition) is 6. The quantitative estimate of drug-likeness (QED) is 0.648. The molecular formula is C24H31ClN2O5. The predicted octanol–water partition coefficient (Wildman–Crippen LogP) is 3.34. The summed E-state index contributed by atoms with van der Waals surface area (Å²) in [5.74, 6) is 1.27. The van der Waals surface area contributed by atoms with E-state index in [1.165, 1.54) is 0 Å². The molecule has 0 aromatic heterocycles. The number of piperidine rings is 1. The Balaban J connectivity index is 0.00000289. The molecule has 1 N–H and O–H groups in total. The van der Waals surface area contributed by atoms with Crippen molar-refractivity contribution in [2.75, 3.05) is 39.9 Å². The zero-order chi connectivity index (χ0) is 21.7. The number of carbonyl (C=O) groups excluding carboxylic acids is 1. The van der Waals surface area contributed by atoms with Crippen molar-refractivity contribution in [1.82, 2.24) is 9.80 Å². The first-order valence-electron chi connectivity index (χ1n) is 10.7. The van der Waals surface area contributed by atoms with Gasteiger partial charge in [0, 0.05) is 39.0 Å². The first-order valence-corrected chi connectivity index (χ1v) is 10.7. The number of para-hydroxylation sites is 2. The lowest BCUT2D eigenvalue weighted by molar-refractivity contribution is -0.0145. The minimum Gasteiger partial charge on any atom is -0.493 e. The molecule has 1 atom stereocenters. The maximum absolute atomic E-state index is 12.4. The molecule has 1 amide bonds. The van der Waals surface area contributed by atoms with Gasteiger partial charge in [-0.25, -0.2) is 4.79 Å². The van der Waals surface area contributed by atoms with Crippen molar-refractivity contribution in [3.05, 3.63) is 60.2 Å². The second-order valence-electron chi connectivity index (χ2n) is 8.31. The molecule has 0 saturated carbocycles. The first kappa shape index (κ1) is 24.2. The van der Waals surface area contributed by atoms with Crippen LogP contribution in [0.4, 0.5) is 4.79 Å². The van der Waals surface area contributed by atoms with Crippen LogP contribution in [0.15, 0.2) is 54.6 Å². The van der Waals surface area contributed by atoms with E-state index in [-0.39, 0.29) is 25.1 Å². The van der Waals surface area contributed by atoms with Gasteiger partial charge in [0.15, 0.2) is 11.5 Å². The molecule has 0 radical (unpaired) electrons. The van der Waals surface area contributed by atoms with Gasteiger partial charge in [-0.3, -0.25) is 4.90 Å². The molecule has 7 nitrogen and oxygen atoms in total. The second-order valence-corrected chi connectivity index (χ2v) is 8.31. The second kappa shape index (κ2) is 10.9. The van der Waals surface area contributed by atoms with E-state index >= 15 is 0 Å². The van der Waals surface area contributed by atoms with E-state index in [1.54, 1.807) is 12.0 Å². The van der Waals surface area contributed by atoms with E-state index in [9.17, 15) is 9.90 Å². The summed E-state index contributed by atoms with van der Waals surface area (Å²) in [4.78, 5) is 16.4. The molecule has 1 spiro atoms. The van der Waals surface area contributed by atoms with E-state index < -0.39 is 11.7 Å². The number of carbonyl (C=O) groups is 1. The van der Waals surface area contributed by atoms with Crippen molar-refractivity contribution in [1.29, 1.82) is 0 Å². The third-order valence-electron chi connectivity index (χ3n) is 5.99. The van der Waals surface area contributed by atoms with E-state index in [0.717, 1.165) is 31.5 Å². The number of aliphatic hydroxyl groups is 1. The number of aliphatic hydroxyl groups excluding tert-OH is 1. The van der Waals surface area contributed by atoms with Crippen LogP contribution in [0, 0.1) is 0 Å². The maximum Gasteiger partial charge on any atom is 0.410 e. The molecule has 2 heterocycles. The SMILES string of the molecule is COc1ccccc1OCC(O)CN1CCC2(CC1)CN(Cc1ccccc1)C(=O)O2.Cl. The number of methoxy groups -OCH3 is 1. The number of benzene rings is 2. The molecule has 4 rings (SSSR count). The molecule has 2 aliphatic heterocycles. The van der Waals surface area contributed by atoms with Crippen LogP contribution in [0.25, 0.3) is 0 Å². The summed E-state index contributed by atoms with van der Waals surface area (Å²) in [5.41, 5.74) is 0.688. The number of β-amino-alcohol motifs (C(OH)–C–C–N with tert-alkyl or cyclic N) is 1. The number of nitrogens with zero attached hydrogens (tertiary/aromatic N) is 2. The van der Waals surface area contributed by atoms with Crippen LogP contribution in [0.1, 0.15) is 18.4 Å². The molecular weight excluding hydrogens is 432 g/mol. The van der Waals surface area contributed by atoms with Gasteiger partial charge in [-0.05, 0) is 17.7 Å². The molecule has 174 valence electrons. The normalized spacial score (nSPS) is 18.7. The van der Waals surface area contributed by atoms with Crippen LogP contribution in [-0.4, -0.2) is 72.6 Å². The zero-order valence-electron chi connectivity index (χ0n) is 18.3. The van der Waals surface area contributed by atoms with Gasteiger partial charge in [-0.1, -0.05) is 42.5 Å². The number of hydrogen-bond donors (Lipinski definition) is 1. The molecule has 2 saturated heterocycles. The summed E-state index contributed by atoms with van der Waals surface area (Å²) < 4.78 is 16.8. The fourth-order valence-electron chi connectivity index (χ4n) is 4.30. The highest BCUT2D eigenvalue weighted by Crippen LogP contribution is 2.34. The largest absolute Gasteiger partial charge is 0.493 e. The van der Waals surface area contributed by atoms with Gasteiger partial charge in [0.2, 0.25) is 0 Å². The fourth-order valence-corrected chi connectivity index (χ4v) is 4.30. The Hall–Kier alpha value is -2.48. The van der Waals surface area contributed by atoms with Crippen molar-refractivity contribution in [2.45, 2.75) is 31.1 Å². The highest BCUT2D eigenvalue weighted by atomic mass is 35.5. The highest BCUT2D eigenvalue weighted by Gasteiger charge is 2.46. The summed E-state index contributed by atoms with van der Waals surface area (Å²) in [6.07, 6.45) is 0.691. The molecule has 0 aliphatic carbocycles. The summed E-state index contributed by atoms with van der Waals surface area (Å²) in [6, 6.07) is 17.4.